The van der Waals surface area contributed by atoms with Crippen molar-refractivity contribution in [3.8, 4) is 0 Å². The van der Waals surface area contributed by atoms with Gasteiger partial charge in [0.25, 0.3) is 0 Å². The Labute approximate surface area is 232 Å². The van der Waals surface area contributed by atoms with E-state index in [0.717, 1.165) is 48.3 Å². The van der Waals surface area contributed by atoms with E-state index in [1.165, 1.54) is 64.2 Å². The molecule has 1 aromatic rings. The van der Waals surface area contributed by atoms with Crippen LogP contribution in [0.5, 0.6) is 0 Å². The molecule has 0 bridgehead atoms. The number of esters is 1. The number of benzene rings is 1. The Morgan fingerprint density at radius 1 is 0.895 bits per heavy atom. The molecule has 0 aromatic heterocycles. The molecule has 4 saturated carbocycles. The van der Waals surface area contributed by atoms with E-state index in [2.05, 4.69) is 34.6 Å². The number of anilines is 2. The van der Waals surface area contributed by atoms with Gasteiger partial charge < -0.3 is 16.2 Å². The fraction of sp³-hybridized carbons (Fsp3) is 0.794. The first kappa shape index (κ1) is 27.8. The van der Waals surface area contributed by atoms with Gasteiger partial charge in [0.1, 0.15) is 6.10 Å². The standard InChI is InChI=1S/C34H54N2O2/c1-21(2)7-6-8-22(3)29-11-12-30-28-10-9-24-19-27(38-32(37)23-17-25(35)20-26(36)18-23)13-15-33(24,4)31(28)14-16-34(29,30)5/h17-18,20-22,24,27-31H,6-16,19,35-36H2,1-5H3/t22?,24?,27-,28?,29?,30?,31?,33?,34?/m1/s1. The Kier molecular flexibility index (Phi) is 7.84. The molecule has 0 radical (unpaired) electrons. The van der Waals surface area contributed by atoms with Gasteiger partial charge in [0.15, 0.2) is 0 Å². The van der Waals surface area contributed by atoms with Crippen molar-refractivity contribution in [3.05, 3.63) is 23.8 Å². The average Bonchev–Trinajstić information content (AvgIpc) is 3.20. The number of nitrogens with two attached hydrogens (primary N) is 2. The van der Waals surface area contributed by atoms with Crippen molar-refractivity contribution in [1.29, 1.82) is 0 Å². The number of hydrogen-bond donors (Lipinski definition) is 2. The Morgan fingerprint density at radius 2 is 1.58 bits per heavy atom. The quantitative estimate of drug-likeness (QED) is 0.278. The molecule has 4 N–H and O–H groups in total. The monoisotopic (exact) mass is 522 g/mol. The number of ether oxygens (including phenoxy) is 1. The second-order valence-corrected chi connectivity index (χ2v) is 14.9. The largest absolute Gasteiger partial charge is 0.459 e. The molecule has 212 valence electrons. The fourth-order valence-corrected chi connectivity index (χ4v) is 10.4. The van der Waals surface area contributed by atoms with E-state index in [4.69, 9.17) is 16.2 Å². The maximum Gasteiger partial charge on any atom is 0.338 e. The number of nitrogen functional groups attached to an aromatic ring is 2. The number of carbonyl (C=O) groups is 1. The molecular formula is C34H54N2O2. The smallest absolute Gasteiger partial charge is 0.338 e. The highest BCUT2D eigenvalue weighted by atomic mass is 16.5. The van der Waals surface area contributed by atoms with Gasteiger partial charge in [0.2, 0.25) is 0 Å². The highest BCUT2D eigenvalue weighted by Crippen LogP contribution is 2.68. The van der Waals surface area contributed by atoms with Gasteiger partial charge in [-0.25, -0.2) is 4.79 Å². The lowest BCUT2D eigenvalue weighted by Gasteiger charge is -2.61. The molecule has 0 spiro atoms. The van der Waals surface area contributed by atoms with Gasteiger partial charge in [-0.15, -0.1) is 0 Å². The van der Waals surface area contributed by atoms with Gasteiger partial charge in [0.05, 0.1) is 5.56 Å². The van der Waals surface area contributed by atoms with Crippen LogP contribution in [0.15, 0.2) is 18.2 Å². The Balaban J connectivity index is 1.22. The van der Waals surface area contributed by atoms with Gasteiger partial charge in [0, 0.05) is 11.4 Å². The third-order valence-corrected chi connectivity index (χ3v) is 12.3. The summed E-state index contributed by atoms with van der Waals surface area (Å²) in [4.78, 5) is 12.9. The summed E-state index contributed by atoms with van der Waals surface area (Å²) >= 11 is 0. The first-order chi connectivity index (χ1) is 18.0. The van der Waals surface area contributed by atoms with E-state index in [0.29, 0.717) is 33.7 Å². The molecule has 1 aromatic carbocycles. The van der Waals surface area contributed by atoms with E-state index in [1.807, 2.05) is 0 Å². The van der Waals surface area contributed by atoms with Crippen LogP contribution in [0.25, 0.3) is 0 Å². The highest BCUT2D eigenvalue weighted by molar-refractivity contribution is 5.91. The molecule has 5 rings (SSSR count). The van der Waals surface area contributed by atoms with Crippen molar-refractivity contribution in [2.24, 2.45) is 52.3 Å². The van der Waals surface area contributed by atoms with Crippen molar-refractivity contribution in [2.45, 2.75) is 118 Å². The van der Waals surface area contributed by atoms with E-state index < -0.39 is 0 Å². The predicted molar refractivity (Wildman–Crippen MR) is 158 cm³/mol. The average molecular weight is 523 g/mol. The first-order valence-electron chi connectivity index (χ1n) is 15.9. The highest BCUT2D eigenvalue weighted by Gasteiger charge is 2.60. The molecule has 9 atom stereocenters. The van der Waals surface area contributed by atoms with Crippen molar-refractivity contribution in [2.75, 3.05) is 11.5 Å². The van der Waals surface area contributed by atoms with Crippen molar-refractivity contribution in [1.82, 2.24) is 0 Å². The van der Waals surface area contributed by atoms with Crippen LogP contribution in [0.3, 0.4) is 0 Å². The van der Waals surface area contributed by atoms with E-state index in [1.54, 1.807) is 18.2 Å². The third-order valence-electron chi connectivity index (χ3n) is 12.3. The topological polar surface area (TPSA) is 78.3 Å². The van der Waals surface area contributed by atoms with Crippen molar-refractivity contribution in [3.63, 3.8) is 0 Å². The molecule has 0 aliphatic heterocycles. The second kappa shape index (κ2) is 10.7. The lowest BCUT2D eigenvalue weighted by atomic mass is 9.44. The van der Waals surface area contributed by atoms with Crippen molar-refractivity contribution >= 4 is 17.3 Å². The zero-order chi connectivity index (χ0) is 27.2. The van der Waals surface area contributed by atoms with Crippen LogP contribution >= 0.6 is 0 Å². The van der Waals surface area contributed by atoms with Crippen LogP contribution in [0, 0.1) is 52.3 Å². The van der Waals surface area contributed by atoms with Crippen LogP contribution in [0.1, 0.15) is 122 Å². The van der Waals surface area contributed by atoms with Crippen LogP contribution in [0.2, 0.25) is 0 Å². The molecule has 38 heavy (non-hydrogen) atoms. The van der Waals surface area contributed by atoms with Crippen molar-refractivity contribution < 1.29 is 9.53 Å². The van der Waals surface area contributed by atoms with E-state index >= 15 is 0 Å². The molecular weight excluding hydrogens is 468 g/mol. The second-order valence-electron chi connectivity index (χ2n) is 14.9. The maximum absolute atomic E-state index is 12.9. The summed E-state index contributed by atoms with van der Waals surface area (Å²) in [5.74, 6) is 5.67. The molecule has 4 nitrogen and oxygen atoms in total. The summed E-state index contributed by atoms with van der Waals surface area (Å²) in [6, 6.07) is 5.03. The molecule has 0 saturated heterocycles. The lowest BCUT2D eigenvalue weighted by molar-refractivity contribution is -0.130. The summed E-state index contributed by atoms with van der Waals surface area (Å²) in [5, 5.41) is 0. The van der Waals surface area contributed by atoms with Gasteiger partial charge >= 0.3 is 5.97 Å². The van der Waals surface area contributed by atoms with Gasteiger partial charge in [-0.2, -0.15) is 0 Å². The Hall–Kier alpha value is -1.71. The van der Waals surface area contributed by atoms with E-state index in [9.17, 15) is 4.79 Å². The number of rotatable bonds is 7. The van der Waals surface area contributed by atoms with E-state index in [-0.39, 0.29) is 12.1 Å². The summed E-state index contributed by atoms with van der Waals surface area (Å²) in [7, 11) is 0. The zero-order valence-electron chi connectivity index (χ0n) is 24.8. The molecule has 4 heteroatoms. The molecule has 4 fully saturated rings. The van der Waals surface area contributed by atoms with Gasteiger partial charge in [-0.1, -0.05) is 53.9 Å². The zero-order valence-corrected chi connectivity index (χ0v) is 24.8. The fourth-order valence-electron chi connectivity index (χ4n) is 10.4. The van der Waals surface area contributed by atoms with Crippen LogP contribution < -0.4 is 11.5 Å². The number of hydrogen-bond acceptors (Lipinski definition) is 4. The molecule has 4 aliphatic carbocycles. The maximum atomic E-state index is 12.9. The molecule has 4 aliphatic rings. The molecule has 8 unspecified atom stereocenters. The number of carbonyl (C=O) groups excluding carboxylic acids is 1. The summed E-state index contributed by atoms with van der Waals surface area (Å²) in [6.45, 7) is 12.6. The summed E-state index contributed by atoms with van der Waals surface area (Å²) in [6.07, 6.45) is 15.8. The van der Waals surface area contributed by atoms with Crippen LogP contribution in [0.4, 0.5) is 11.4 Å². The lowest BCUT2D eigenvalue weighted by Crippen LogP contribution is -2.54. The predicted octanol–water partition coefficient (Wildman–Crippen LogP) is 8.50. The molecule has 0 heterocycles. The van der Waals surface area contributed by atoms with Crippen LogP contribution in [-0.4, -0.2) is 12.1 Å². The third kappa shape index (κ3) is 5.10. The summed E-state index contributed by atoms with van der Waals surface area (Å²) in [5.41, 5.74) is 14.3. The minimum Gasteiger partial charge on any atom is -0.459 e. The Bertz CT molecular complexity index is 986. The summed E-state index contributed by atoms with van der Waals surface area (Å²) < 4.78 is 6.04. The van der Waals surface area contributed by atoms with Crippen LogP contribution in [-0.2, 0) is 4.74 Å². The van der Waals surface area contributed by atoms with Gasteiger partial charge in [-0.05, 0) is 128 Å². The Morgan fingerprint density at radius 3 is 2.29 bits per heavy atom. The van der Waals surface area contributed by atoms with Gasteiger partial charge in [-0.3, -0.25) is 0 Å². The minimum atomic E-state index is -0.278. The SMILES string of the molecule is CC(C)CCCC(C)C1CCC2C3CCC4C[C@H](OC(=O)c5cc(N)cc(N)c5)CCC4(C)C3CCC12C. The normalized spacial score (nSPS) is 39.2. The number of fused-ring (bicyclic) bond motifs is 5. The minimum absolute atomic E-state index is 0.0104. The molecule has 0 amide bonds. The first-order valence-corrected chi connectivity index (χ1v) is 15.9.